The second kappa shape index (κ2) is 6.85. The van der Waals surface area contributed by atoms with E-state index in [1.807, 2.05) is 31.2 Å². The van der Waals surface area contributed by atoms with Crippen LogP contribution in [0.2, 0.25) is 0 Å². The molecule has 1 amide bonds. The van der Waals surface area contributed by atoms with Gasteiger partial charge in [-0.1, -0.05) is 42.0 Å². The summed E-state index contributed by atoms with van der Waals surface area (Å²) in [6.45, 7) is 2.58. The molecule has 2 nitrogen and oxygen atoms in total. The van der Waals surface area contributed by atoms with Gasteiger partial charge in [0.25, 0.3) is 0 Å². The zero-order chi connectivity index (χ0) is 14.4. The molecule has 0 aliphatic heterocycles. The fraction of sp³-hybridized carbons (Fsp3) is 0.235. The van der Waals surface area contributed by atoms with E-state index in [9.17, 15) is 9.18 Å². The van der Waals surface area contributed by atoms with Crippen molar-refractivity contribution in [3.8, 4) is 0 Å². The molecule has 0 radical (unpaired) electrons. The smallest absolute Gasteiger partial charge is 0.220 e. The summed E-state index contributed by atoms with van der Waals surface area (Å²) in [6, 6.07) is 14.3. The van der Waals surface area contributed by atoms with Gasteiger partial charge in [0.15, 0.2) is 0 Å². The molecular weight excluding hydrogens is 253 g/mol. The molecule has 0 saturated heterocycles. The predicted molar refractivity (Wildman–Crippen MR) is 77.7 cm³/mol. The Kier molecular flexibility index (Phi) is 4.88. The first kappa shape index (κ1) is 14.3. The Balaban J connectivity index is 1.75. The Morgan fingerprint density at radius 1 is 1.00 bits per heavy atom. The Morgan fingerprint density at radius 3 is 2.25 bits per heavy atom. The number of hydrogen-bond acceptors (Lipinski definition) is 1. The van der Waals surface area contributed by atoms with Gasteiger partial charge in [0.05, 0.1) is 0 Å². The molecule has 0 aliphatic carbocycles. The molecule has 0 aliphatic rings. The number of benzene rings is 2. The molecule has 1 N–H and O–H groups in total. The maximum Gasteiger partial charge on any atom is 0.220 e. The summed E-state index contributed by atoms with van der Waals surface area (Å²) in [6.07, 6.45) is 1.04. The van der Waals surface area contributed by atoms with Crippen LogP contribution in [0.25, 0.3) is 0 Å². The molecule has 104 valence electrons. The van der Waals surface area contributed by atoms with Gasteiger partial charge in [0.1, 0.15) is 5.82 Å². The maximum absolute atomic E-state index is 12.7. The number of carbonyl (C=O) groups excluding carboxylic acids is 1. The van der Waals surface area contributed by atoms with E-state index >= 15 is 0 Å². The molecule has 0 bridgehead atoms. The number of aryl methyl sites for hydroxylation is 2. The molecule has 0 fully saturated rings. The van der Waals surface area contributed by atoms with E-state index < -0.39 is 0 Å². The lowest BCUT2D eigenvalue weighted by Crippen LogP contribution is -2.22. The normalized spacial score (nSPS) is 10.3. The SMILES string of the molecule is Cc1ccc(CNC(=O)CCc2ccc(F)cc2)cc1. The number of nitrogens with one attached hydrogen (secondary N) is 1. The van der Waals surface area contributed by atoms with E-state index in [2.05, 4.69) is 5.32 Å². The van der Waals surface area contributed by atoms with Crippen LogP contribution in [0.3, 0.4) is 0 Å². The average molecular weight is 271 g/mol. The molecule has 0 unspecified atom stereocenters. The molecule has 0 saturated carbocycles. The summed E-state index contributed by atoms with van der Waals surface area (Å²) >= 11 is 0. The molecule has 3 heteroatoms. The Morgan fingerprint density at radius 2 is 1.60 bits per heavy atom. The van der Waals surface area contributed by atoms with Crippen LogP contribution in [-0.4, -0.2) is 5.91 Å². The first-order valence-electron chi connectivity index (χ1n) is 6.70. The summed E-state index contributed by atoms with van der Waals surface area (Å²) in [4.78, 5) is 11.7. The van der Waals surface area contributed by atoms with Crippen LogP contribution in [0.4, 0.5) is 4.39 Å². The minimum absolute atomic E-state index is 0.00917. The predicted octanol–water partition coefficient (Wildman–Crippen LogP) is 3.38. The zero-order valence-electron chi connectivity index (χ0n) is 11.5. The molecule has 0 spiro atoms. The van der Waals surface area contributed by atoms with Crippen molar-refractivity contribution in [3.05, 3.63) is 71.0 Å². The van der Waals surface area contributed by atoms with Gasteiger partial charge in [0.2, 0.25) is 5.91 Å². The summed E-state index contributed by atoms with van der Waals surface area (Å²) in [5.74, 6) is -0.243. The third-order valence-electron chi connectivity index (χ3n) is 3.16. The first-order chi connectivity index (χ1) is 9.63. The minimum Gasteiger partial charge on any atom is -0.352 e. The lowest BCUT2D eigenvalue weighted by atomic mass is 10.1. The van der Waals surface area contributed by atoms with E-state index in [0.717, 1.165) is 11.1 Å². The third-order valence-corrected chi connectivity index (χ3v) is 3.16. The molecule has 0 atom stereocenters. The van der Waals surface area contributed by atoms with Gasteiger partial charge in [0, 0.05) is 13.0 Å². The van der Waals surface area contributed by atoms with Gasteiger partial charge >= 0.3 is 0 Å². The third kappa shape index (κ3) is 4.50. The van der Waals surface area contributed by atoms with Crippen molar-refractivity contribution in [2.75, 3.05) is 0 Å². The largest absolute Gasteiger partial charge is 0.352 e. The molecular formula is C17H18FNO. The van der Waals surface area contributed by atoms with Crippen molar-refractivity contribution < 1.29 is 9.18 Å². The van der Waals surface area contributed by atoms with E-state index in [1.165, 1.54) is 17.7 Å². The molecule has 2 rings (SSSR count). The van der Waals surface area contributed by atoms with Gasteiger partial charge in [-0.25, -0.2) is 4.39 Å². The number of rotatable bonds is 5. The monoisotopic (exact) mass is 271 g/mol. The van der Waals surface area contributed by atoms with Gasteiger partial charge in [-0.2, -0.15) is 0 Å². The number of hydrogen-bond donors (Lipinski definition) is 1. The first-order valence-corrected chi connectivity index (χ1v) is 6.70. The van der Waals surface area contributed by atoms with Gasteiger partial charge in [-0.3, -0.25) is 4.79 Å². The standard InChI is InChI=1S/C17H18FNO/c1-13-2-4-15(5-3-13)12-19-17(20)11-8-14-6-9-16(18)10-7-14/h2-7,9-10H,8,11-12H2,1H3,(H,19,20). The quantitative estimate of drug-likeness (QED) is 0.887. The highest BCUT2D eigenvalue weighted by molar-refractivity contribution is 5.76. The van der Waals surface area contributed by atoms with Crippen molar-refractivity contribution in [3.63, 3.8) is 0 Å². The fourth-order valence-electron chi connectivity index (χ4n) is 1.90. The van der Waals surface area contributed by atoms with E-state index in [1.54, 1.807) is 12.1 Å². The maximum atomic E-state index is 12.7. The Hall–Kier alpha value is -2.16. The minimum atomic E-state index is -0.252. The average Bonchev–Trinajstić information content (AvgIpc) is 2.46. The van der Waals surface area contributed by atoms with Crippen LogP contribution >= 0.6 is 0 Å². The summed E-state index contributed by atoms with van der Waals surface area (Å²) in [5, 5.41) is 2.89. The van der Waals surface area contributed by atoms with Crippen molar-refractivity contribution >= 4 is 5.91 Å². The van der Waals surface area contributed by atoms with E-state index in [4.69, 9.17) is 0 Å². The van der Waals surface area contributed by atoms with Gasteiger partial charge in [-0.15, -0.1) is 0 Å². The topological polar surface area (TPSA) is 29.1 Å². The molecule has 2 aromatic carbocycles. The lowest BCUT2D eigenvalue weighted by molar-refractivity contribution is -0.121. The van der Waals surface area contributed by atoms with Crippen LogP contribution in [0, 0.1) is 12.7 Å². The van der Waals surface area contributed by atoms with E-state index in [-0.39, 0.29) is 11.7 Å². The van der Waals surface area contributed by atoms with Gasteiger partial charge in [-0.05, 0) is 36.6 Å². The van der Waals surface area contributed by atoms with Crippen LogP contribution < -0.4 is 5.32 Å². The van der Waals surface area contributed by atoms with E-state index in [0.29, 0.717) is 19.4 Å². The molecule has 0 aromatic heterocycles. The van der Waals surface area contributed by atoms with Crippen molar-refractivity contribution in [1.29, 1.82) is 0 Å². The highest BCUT2D eigenvalue weighted by Crippen LogP contribution is 2.06. The zero-order valence-corrected chi connectivity index (χ0v) is 11.5. The second-order valence-corrected chi connectivity index (χ2v) is 4.89. The highest BCUT2D eigenvalue weighted by atomic mass is 19.1. The molecule has 0 heterocycles. The van der Waals surface area contributed by atoms with Crippen molar-refractivity contribution in [1.82, 2.24) is 5.32 Å². The van der Waals surface area contributed by atoms with Crippen molar-refractivity contribution in [2.24, 2.45) is 0 Å². The van der Waals surface area contributed by atoms with Crippen LogP contribution in [-0.2, 0) is 17.8 Å². The summed E-state index contributed by atoms with van der Waals surface area (Å²) < 4.78 is 12.7. The van der Waals surface area contributed by atoms with Crippen LogP contribution in [0.15, 0.2) is 48.5 Å². The lowest BCUT2D eigenvalue weighted by Gasteiger charge is -2.06. The number of carbonyl (C=O) groups is 1. The van der Waals surface area contributed by atoms with Gasteiger partial charge < -0.3 is 5.32 Å². The molecule has 20 heavy (non-hydrogen) atoms. The number of amides is 1. The fourth-order valence-corrected chi connectivity index (χ4v) is 1.90. The second-order valence-electron chi connectivity index (χ2n) is 4.89. The molecule has 2 aromatic rings. The van der Waals surface area contributed by atoms with Crippen LogP contribution in [0.1, 0.15) is 23.1 Å². The number of halogens is 1. The Bertz CT molecular complexity index is 509. The van der Waals surface area contributed by atoms with Crippen molar-refractivity contribution in [2.45, 2.75) is 26.3 Å². The summed E-state index contributed by atoms with van der Waals surface area (Å²) in [5.41, 5.74) is 3.26. The van der Waals surface area contributed by atoms with Crippen LogP contribution in [0.5, 0.6) is 0 Å². The highest BCUT2D eigenvalue weighted by Gasteiger charge is 2.02. The summed E-state index contributed by atoms with van der Waals surface area (Å²) in [7, 11) is 0. The Labute approximate surface area is 118 Å².